The van der Waals surface area contributed by atoms with Crippen molar-refractivity contribution in [3.63, 3.8) is 0 Å². The molecule has 3 heterocycles. The number of para-hydroxylation sites is 1. The molecule has 0 atom stereocenters. The average Bonchev–Trinajstić information content (AvgIpc) is 3.33. The molecule has 0 aliphatic rings. The maximum Gasteiger partial charge on any atom is 0.182 e. The second-order valence-electron chi connectivity index (χ2n) is 9.62. The molecule has 0 bridgehead atoms. The van der Waals surface area contributed by atoms with Crippen molar-refractivity contribution in [1.82, 2.24) is 24.7 Å². The molecule has 0 saturated carbocycles. The number of benzene rings is 2. The molecule has 5 rings (SSSR count). The number of aliphatic hydroxyl groups excluding tert-OH is 1. The standard InChI is InChI=1S/C29H28F2N6O4S/c1-42(39,40)14-4-5-19-17-33-29(35-28(19)34-20-8-10-32-11-9-20)27-22-6-2-3-7-26(22)37(36-27)18-23-24(30)15-21(16-25(23)31)41-13-12-38/h2-3,6-11,15-17,38H,4-5,12-14,18H2,1H3,(H,32,33,34,35). The second-order valence-corrected chi connectivity index (χ2v) is 11.9. The molecular weight excluding hydrogens is 566 g/mol. The Hall–Kier alpha value is -4.49. The molecule has 5 aromatic rings. The van der Waals surface area contributed by atoms with Crippen LogP contribution in [0, 0.1) is 11.6 Å². The van der Waals surface area contributed by atoms with Gasteiger partial charge in [0.25, 0.3) is 0 Å². The lowest BCUT2D eigenvalue weighted by atomic mass is 10.1. The van der Waals surface area contributed by atoms with Crippen LogP contribution in [-0.2, 0) is 22.8 Å². The topological polar surface area (TPSA) is 132 Å². The molecule has 2 N–H and O–H groups in total. The number of rotatable bonds is 12. The van der Waals surface area contributed by atoms with Gasteiger partial charge in [0.1, 0.15) is 45.3 Å². The number of aliphatic hydroxyl groups is 1. The molecule has 0 fully saturated rings. The molecule has 0 amide bonds. The number of anilines is 2. The van der Waals surface area contributed by atoms with Gasteiger partial charge in [0.15, 0.2) is 5.82 Å². The van der Waals surface area contributed by atoms with Crippen molar-refractivity contribution in [1.29, 1.82) is 0 Å². The smallest absolute Gasteiger partial charge is 0.182 e. The normalized spacial score (nSPS) is 11.6. The van der Waals surface area contributed by atoms with E-state index in [1.165, 1.54) is 10.9 Å². The molecule has 0 radical (unpaired) electrons. The molecule has 13 heteroatoms. The first-order chi connectivity index (χ1) is 20.2. The number of halogens is 2. The lowest BCUT2D eigenvalue weighted by molar-refractivity contribution is 0.200. The predicted molar refractivity (Wildman–Crippen MR) is 154 cm³/mol. The summed E-state index contributed by atoms with van der Waals surface area (Å²) in [6.45, 7) is -0.569. The summed E-state index contributed by atoms with van der Waals surface area (Å²) in [5.74, 6) is -0.839. The van der Waals surface area contributed by atoms with Crippen LogP contribution in [0.2, 0.25) is 0 Å². The molecule has 10 nitrogen and oxygen atoms in total. The highest BCUT2D eigenvalue weighted by Crippen LogP contribution is 2.30. The quantitative estimate of drug-likeness (QED) is 0.217. The van der Waals surface area contributed by atoms with Gasteiger partial charge in [0, 0.05) is 59.2 Å². The molecule has 0 aliphatic heterocycles. The van der Waals surface area contributed by atoms with Crippen LogP contribution in [-0.4, -0.2) is 63.5 Å². The van der Waals surface area contributed by atoms with E-state index in [0.29, 0.717) is 35.3 Å². The van der Waals surface area contributed by atoms with Crippen LogP contribution in [0.3, 0.4) is 0 Å². The van der Waals surface area contributed by atoms with E-state index in [2.05, 4.69) is 20.4 Å². The lowest BCUT2D eigenvalue weighted by Gasteiger charge is -2.12. The highest BCUT2D eigenvalue weighted by Gasteiger charge is 2.20. The fourth-order valence-electron chi connectivity index (χ4n) is 4.45. The van der Waals surface area contributed by atoms with E-state index in [0.717, 1.165) is 23.4 Å². The summed E-state index contributed by atoms with van der Waals surface area (Å²) in [5.41, 5.74) is 2.28. The highest BCUT2D eigenvalue weighted by molar-refractivity contribution is 7.90. The van der Waals surface area contributed by atoms with Gasteiger partial charge < -0.3 is 15.2 Å². The number of hydrogen-bond donors (Lipinski definition) is 2. The summed E-state index contributed by atoms with van der Waals surface area (Å²) in [5, 5.41) is 17.5. The molecule has 0 unspecified atom stereocenters. The monoisotopic (exact) mass is 594 g/mol. The Morgan fingerprint density at radius 3 is 2.52 bits per heavy atom. The SMILES string of the molecule is CS(=O)(=O)CCCc1cnc(-c2nn(Cc3c(F)cc(OCCO)cc3F)c3ccccc23)nc1Nc1ccncc1. The number of aromatic nitrogens is 5. The number of ether oxygens (including phenoxy) is 1. The minimum atomic E-state index is -3.13. The van der Waals surface area contributed by atoms with Gasteiger partial charge in [-0.05, 0) is 31.0 Å². The molecular formula is C29H28F2N6O4S. The van der Waals surface area contributed by atoms with E-state index in [-0.39, 0.29) is 42.6 Å². The Morgan fingerprint density at radius 2 is 1.81 bits per heavy atom. The van der Waals surface area contributed by atoms with Crippen molar-refractivity contribution in [2.24, 2.45) is 0 Å². The maximum absolute atomic E-state index is 14.9. The van der Waals surface area contributed by atoms with Crippen LogP contribution in [0.15, 0.2) is 67.1 Å². The van der Waals surface area contributed by atoms with E-state index in [1.807, 2.05) is 12.1 Å². The molecule has 2 aromatic carbocycles. The fourth-order valence-corrected chi connectivity index (χ4v) is 5.12. The Kier molecular flexibility index (Phi) is 8.69. The second kappa shape index (κ2) is 12.6. The summed E-state index contributed by atoms with van der Waals surface area (Å²) >= 11 is 0. The van der Waals surface area contributed by atoms with E-state index in [9.17, 15) is 17.2 Å². The van der Waals surface area contributed by atoms with Gasteiger partial charge in [-0.15, -0.1) is 0 Å². The van der Waals surface area contributed by atoms with E-state index in [4.69, 9.17) is 14.8 Å². The lowest BCUT2D eigenvalue weighted by Crippen LogP contribution is -2.09. The number of fused-ring (bicyclic) bond motifs is 1. The molecule has 0 aliphatic carbocycles. The van der Waals surface area contributed by atoms with Crippen molar-refractivity contribution in [3.05, 3.63) is 89.9 Å². The Balaban J connectivity index is 1.52. The number of pyridine rings is 1. The number of aryl methyl sites for hydroxylation is 1. The van der Waals surface area contributed by atoms with E-state index < -0.39 is 21.5 Å². The summed E-state index contributed by atoms with van der Waals surface area (Å²) in [6, 6.07) is 12.9. The van der Waals surface area contributed by atoms with Crippen molar-refractivity contribution in [3.8, 4) is 17.3 Å². The fraction of sp³-hybridized carbons (Fsp3) is 0.241. The van der Waals surface area contributed by atoms with Gasteiger partial charge in [-0.1, -0.05) is 18.2 Å². The molecule has 42 heavy (non-hydrogen) atoms. The average molecular weight is 595 g/mol. The van der Waals surface area contributed by atoms with Crippen LogP contribution >= 0.6 is 0 Å². The first-order valence-electron chi connectivity index (χ1n) is 13.1. The Morgan fingerprint density at radius 1 is 1.07 bits per heavy atom. The largest absolute Gasteiger partial charge is 0.491 e. The van der Waals surface area contributed by atoms with Crippen molar-refractivity contribution < 1.29 is 27.0 Å². The molecule has 0 spiro atoms. The zero-order valence-electron chi connectivity index (χ0n) is 22.7. The van der Waals surface area contributed by atoms with Gasteiger partial charge >= 0.3 is 0 Å². The number of sulfone groups is 1. The van der Waals surface area contributed by atoms with Gasteiger partial charge in [-0.25, -0.2) is 27.2 Å². The van der Waals surface area contributed by atoms with Crippen molar-refractivity contribution >= 4 is 32.2 Å². The third-order valence-electron chi connectivity index (χ3n) is 6.42. The summed E-state index contributed by atoms with van der Waals surface area (Å²) in [4.78, 5) is 13.3. The van der Waals surface area contributed by atoms with Crippen LogP contribution in [0.1, 0.15) is 17.5 Å². The van der Waals surface area contributed by atoms with Crippen molar-refractivity contribution in [2.45, 2.75) is 19.4 Å². The van der Waals surface area contributed by atoms with Crippen LogP contribution in [0.25, 0.3) is 22.4 Å². The molecule has 3 aromatic heterocycles. The summed E-state index contributed by atoms with van der Waals surface area (Å²) in [6.07, 6.45) is 6.91. The van der Waals surface area contributed by atoms with Crippen molar-refractivity contribution in [2.75, 3.05) is 30.5 Å². The third-order valence-corrected chi connectivity index (χ3v) is 7.45. The minimum absolute atomic E-state index is 0.0203. The Labute approximate surface area is 241 Å². The summed E-state index contributed by atoms with van der Waals surface area (Å²) in [7, 11) is -3.13. The summed E-state index contributed by atoms with van der Waals surface area (Å²) < 4.78 is 59.8. The first kappa shape index (κ1) is 29.0. The Bertz CT molecular complexity index is 1790. The van der Waals surface area contributed by atoms with Gasteiger partial charge in [-0.3, -0.25) is 9.67 Å². The first-order valence-corrected chi connectivity index (χ1v) is 15.2. The van der Waals surface area contributed by atoms with Gasteiger partial charge in [0.05, 0.1) is 24.4 Å². The number of hydrogen-bond acceptors (Lipinski definition) is 9. The van der Waals surface area contributed by atoms with Crippen LogP contribution in [0.5, 0.6) is 5.75 Å². The number of nitrogens with zero attached hydrogens (tertiary/aromatic N) is 5. The van der Waals surface area contributed by atoms with Gasteiger partial charge in [0.2, 0.25) is 0 Å². The zero-order valence-corrected chi connectivity index (χ0v) is 23.5. The maximum atomic E-state index is 14.9. The molecule has 218 valence electrons. The van der Waals surface area contributed by atoms with Gasteiger partial charge in [-0.2, -0.15) is 5.10 Å². The van der Waals surface area contributed by atoms with E-state index in [1.54, 1.807) is 42.9 Å². The number of nitrogens with one attached hydrogen (secondary N) is 1. The minimum Gasteiger partial charge on any atom is -0.491 e. The predicted octanol–water partition coefficient (Wildman–Crippen LogP) is 4.31. The van der Waals surface area contributed by atoms with Crippen LogP contribution in [0.4, 0.5) is 20.3 Å². The highest BCUT2D eigenvalue weighted by atomic mass is 32.2. The third kappa shape index (κ3) is 6.86. The van der Waals surface area contributed by atoms with Crippen LogP contribution < -0.4 is 10.1 Å². The zero-order chi connectivity index (χ0) is 29.7. The van der Waals surface area contributed by atoms with E-state index >= 15 is 0 Å². The molecule has 0 saturated heterocycles.